The number of carbonyl (C=O) groups is 2. The molecule has 0 bridgehead atoms. The van der Waals surface area contributed by atoms with Crippen LogP contribution in [0.1, 0.15) is 34.8 Å². The zero-order valence-electron chi connectivity index (χ0n) is 16.3. The number of carbonyl (C=O) groups excluding carboxylic acids is 2. The zero-order valence-corrected chi connectivity index (χ0v) is 18.1. The van der Waals surface area contributed by atoms with Gasteiger partial charge in [0.2, 0.25) is 0 Å². The minimum atomic E-state index is -3.64. The molecule has 1 aromatic heterocycles. The number of ether oxygens (including phenoxy) is 2. The zero-order chi connectivity index (χ0) is 21.5. The average Bonchev–Trinajstić information content (AvgIpc) is 2.72. The summed E-state index contributed by atoms with van der Waals surface area (Å²) in [4.78, 5) is 28.3. The first kappa shape index (κ1) is 24.4. The van der Waals surface area contributed by atoms with Crippen LogP contribution in [0.4, 0.5) is 0 Å². The Labute approximate surface area is 162 Å². The van der Waals surface area contributed by atoms with Crippen molar-refractivity contribution in [2.24, 2.45) is 0 Å². The molecular weight excluding hydrogens is 416 g/mol. The number of aromatic nitrogens is 1. The summed E-state index contributed by atoms with van der Waals surface area (Å²) in [6.07, 6.45) is 0. The third kappa shape index (κ3) is 5.70. The average molecular weight is 439 g/mol. The molecule has 2 atom stereocenters. The van der Waals surface area contributed by atoms with E-state index in [1.807, 2.05) is 0 Å². The summed E-state index contributed by atoms with van der Waals surface area (Å²) in [5.74, 6) is -4.32. The van der Waals surface area contributed by atoms with Gasteiger partial charge in [0, 0.05) is 28.4 Å². The SMILES string of the molecule is COP(=O)(OC)C(C)OC(=O)c1cccc(C(=O)OC(C)P(=O)(OC)OC)n1. The Hall–Kier alpha value is -1.61. The Morgan fingerprint density at radius 2 is 1.11 bits per heavy atom. The third-order valence-corrected chi connectivity index (χ3v) is 7.66. The van der Waals surface area contributed by atoms with E-state index in [1.165, 1.54) is 32.0 Å². The van der Waals surface area contributed by atoms with Gasteiger partial charge in [0.15, 0.2) is 11.7 Å². The molecule has 2 unspecified atom stereocenters. The third-order valence-electron chi connectivity index (χ3n) is 3.63. The molecule has 0 saturated carbocycles. The van der Waals surface area contributed by atoms with Crippen LogP contribution in [-0.4, -0.2) is 57.1 Å². The Morgan fingerprint density at radius 3 is 1.39 bits per heavy atom. The molecule has 158 valence electrons. The standard InChI is InChI=1S/C15H23NO10P2/c1-10(27(19,21-3)22-4)25-14(17)12-8-7-9-13(16-12)15(18)26-11(2)28(20,23-5)24-6/h7-11H,1-6H3. The lowest BCUT2D eigenvalue weighted by Gasteiger charge is -2.21. The predicted octanol–water partition coefficient (Wildman–Crippen LogP) is 3.06. The fraction of sp³-hybridized carbons (Fsp3) is 0.533. The van der Waals surface area contributed by atoms with Crippen LogP contribution in [0, 0.1) is 0 Å². The van der Waals surface area contributed by atoms with Crippen LogP contribution in [0.3, 0.4) is 0 Å². The molecule has 0 radical (unpaired) electrons. The molecule has 1 aromatic rings. The van der Waals surface area contributed by atoms with E-state index in [9.17, 15) is 18.7 Å². The van der Waals surface area contributed by atoms with Gasteiger partial charge in [-0.3, -0.25) is 9.13 Å². The van der Waals surface area contributed by atoms with Crippen molar-refractivity contribution in [1.82, 2.24) is 4.98 Å². The summed E-state index contributed by atoms with van der Waals surface area (Å²) in [7, 11) is -2.66. The molecule has 0 aliphatic heterocycles. The number of hydrogen-bond acceptors (Lipinski definition) is 11. The molecule has 13 heteroatoms. The van der Waals surface area contributed by atoms with Gasteiger partial charge in [-0.1, -0.05) is 6.07 Å². The van der Waals surface area contributed by atoms with E-state index >= 15 is 0 Å². The second-order valence-corrected chi connectivity index (χ2v) is 10.3. The molecule has 0 saturated heterocycles. The van der Waals surface area contributed by atoms with E-state index in [0.29, 0.717) is 0 Å². The number of esters is 2. The molecule has 11 nitrogen and oxygen atoms in total. The molecule has 0 fully saturated rings. The van der Waals surface area contributed by atoms with Crippen molar-refractivity contribution in [3.05, 3.63) is 29.6 Å². The number of pyridine rings is 1. The highest BCUT2D eigenvalue weighted by Crippen LogP contribution is 2.52. The van der Waals surface area contributed by atoms with Gasteiger partial charge >= 0.3 is 27.1 Å². The Morgan fingerprint density at radius 1 is 0.786 bits per heavy atom. The van der Waals surface area contributed by atoms with Crippen LogP contribution in [-0.2, 0) is 36.7 Å². The fourth-order valence-corrected chi connectivity index (χ4v) is 3.90. The molecule has 0 aliphatic rings. The summed E-state index contributed by atoms with van der Waals surface area (Å²) in [6, 6.07) is 3.94. The Balaban J connectivity index is 2.94. The van der Waals surface area contributed by atoms with Crippen molar-refractivity contribution >= 4 is 27.1 Å². The molecule has 0 spiro atoms. The molecule has 0 aliphatic carbocycles. The first-order chi connectivity index (χ1) is 13.1. The van der Waals surface area contributed by atoms with Gasteiger partial charge in [-0.25, -0.2) is 14.6 Å². The maximum absolute atomic E-state index is 12.2. The molecule has 0 N–H and O–H groups in total. The van der Waals surface area contributed by atoms with Gasteiger partial charge in [0.05, 0.1) is 0 Å². The van der Waals surface area contributed by atoms with Crippen molar-refractivity contribution in [3.8, 4) is 0 Å². The first-order valence-electron chi connectivity index (χ1n) is 7.88. The van der Waals surface area contributed by atoms with E-state index < -0.39 is 38.8 Å². The highest BCUT2D eigenvalue weighted by atomic mass is 31.2. The van der Waals surface area contributed by atoms with Crippen LogP contribution in [0.15, 0.2) is 18.2 Å². The van der Waals surface area contributed by atoms with Crippen LogP contribution < -0.4 is 0 Å². The molecule has 1 rings (SSSR count). The van der Waals surface area contributed by atoms with Crippen LogP contribution >= 0.6 is 15.2 Å². The fourth-order valence-electron chi connectivity index (χ4n) is 1.96. The quantitative estimate of drug-likeness (QED) is 0.393. The van der Waals surface area contributed by atoms with Crippen molar-refractivity contribution < 1.29 is 46.3 Å². The molecule has 1 heterocycles. The van der Waals surface area contributed by atoms with Crippen LogP contribution in [0.2, 0.25) is 0 Å². The lowest BCUT2D eigenvalue weighted by atomic mass is 10.3. The van der Waals surface area contributed by atoms with E-state index in [2.05, 4.69) is 4.98 Å². The minimum Gasteiger partial charge on any atom is -0.445 e. The van der Waals surface area contributed by atoms with Crippen molar-refractivity contribution in [3.63, 3.8) is 0 Å². The number of nitrogens with zero attached hydrogens (tertiary/aromatic N) is 1. The van der Waals surface area contributed by atoms with E-state index in [1.54, 1.807) is 0 Å². The molecule has 28 heavy (non-hydrogen) atoms. The van der Waals surface area contributed by atoms with Crippen LogP contribution in [0.5, 0.6) is 0 Å². The monoisotopic (exact) mass is 439 g/mol. The van der Waals surface area contributed by atoms with Crippen molar-refractivity contribution in [1.29, 1.82) is 0 Å². The first-order valence-corrected chi connectivity index (χ1v) is 11.1. The Bertz CT molecular complexity index is 722. The maximum atomic E-state index is 12.2. The summed E-state index contributed by atoms with van der Waals surface area (Å²) in [5, 5.41) is 0. The van der Waals surface area contributed by atoms with Gasteiger partial charge in [0.1, 0.15) is 11.4 Å². The topological polar surface area (TPSA) is 137 Å². The van der Waals surface area contributed by atoms with E-state index in [0.717, 1.165) is 28.4 Å². The predicted molar refractivity (Wildman–Crippen MR) is 97.2 cm³/mol. The van der Waals surface area contributed by atoms with Crippen molar-refractivity contribution in [2.45, 2.75) is 25.5 Å². The van der Waals surface area contributed by atoms with Gasteiger partial charge in [-0.2, -0.15) is 0 Å². The summed E-state index contributed by atoms with van der Waals surface area (Å²) >= 11 is 0. The van der Waals surface area contributed by atoms with E-state index in [4.69, 9.17) is 27.6 Å². The molecule has 0 aromatic carbocycles. The normalized spacial score (nSPS) is 14.2. The van der Waals surface area contributed by atoms with Crippen molar-refractivity contribution in [2.75, 3.05) is 28.4 Å². The largest absolute Gasteiger partial charge is 0.445 e. The highest BCUT2D eigenvalue weighted by Gasteiger charge is 2.35. The smallest absolute Gasteiger partial charge is 0.370 e. The summed E-state index contributed by atoms with van der Waals surface area (Å²) in [6.45, 7) is 2.66. The molecule has 0 amide bonds. The Kier molecular flexibility index (Phi) is 8.94. The second kappa shape index (κ2) is 10.2. The summed E-state index contributed by atoms with van der Waals surface area (Å²) in [5.41, 5.74) is -0.483. The van der Waals surface area contributed by atoms with Gasteiger partial charge in [0.25, 0.3) is 0 Å². The lowest BCUT2D eigenvalue weighted by molar-refractivity contribution is 0.0397. The van der Waals surface area contributed by atoms with E-state index in [-0.39, 0.29) is 11.4 Å². The molecular formula is C15H23NO10P2. The number of hydrogen-bond donors (Lipinski definition) is 0. The highest BCUT2D eigenvalue weighted by molar-refractivity contribution is 7.54. The summed E-state index contributed by atoms with van der Waals surface area (Å²) < 4.78 is 53.5. The maximum Gasteiger partial charge on any atom is 0.370 e. The van der Waals surface area contributed by atoms with Crippen LogP contribution in [0.25, 0.3) is 0 Å². The van der Waals surface area contributed by atoms with Gasteiger partial charge < -0.3 is 27.6 Å². The lowest BCUT2D eigenvalue weighted by Crippen LogP contribution is -2.20. The number of rotatable bonds is 10. The second-order valence-electron chi connectivity index (χ2n) is 5.23. The van der Waals surface area contributed by atoms with Gasteiger partial charge in [-0.15, -0.1) is 0 Å². The van der Waals surface area contributed by atoms with Gasteiger partial charge in [-0.05, 0) is 26.0 Å². The minimum absolute atomic E-state index is 0.241.